The molecule has 0 aliphatic carbocycles. The van der Waals surface area contributed by atoms with Crippen LogP contribution in [0.1, 0.15) is 12.8 Å². The van der Waals surface area contributed by atoms with Gasteiger partial charge in [0.2, 0.25) is 0 Å². The van der Waals surface area contributed by atoms with E-state index in [9.17, 15) is 19.2 Å². The highest BCUT2D eigenvalue weighted by Crippen LogP contribution is 2.44. The van der Waals surface area contributed by atoms with Crippen LogP contribution in [-0.2, 0) is 9.53 Å². The van der Waals surface area contributed by atoms with Gasteiger partial charge < -0.3 is 20.1 Å². The SMILES string of the molecule is O=C(OCCO)C(S)(S)C(S)(CCO)CCO.O=c1[nH]c(=O)[nH]c(=O)[nH]1. The summed E-state index contributed by atoms with van der Waals surface area (Å²) in [6.45, 7) is -0.911. The number of carbonyl (C=O) groups excluding carboxylic acids is 1. The van der Waals surface area contributed by atoms with Crippen molar-refractivity contribution in [1.29, 1.82) is 0 Å². The van der Waals surface area contributed by atoms with Crippen molar-refractivity contribution in [2.45, 2.75) is 21.7 Å². The maximum absolute atomic E-state index is 11.7. The second kappa shape index (κ2) is 11.5. The molecule has 11 nitrogen and oxygen atoms in total. The van der Waals surface area contributed by atoms with Crippen LogP contribution < -0.4 is 17.1 Å². The normalized spacial score (nSPS) is 11.5. The highest BCUT2D eigenvalue weighted by Gasteiger charge is 2.50. The minimum atomic E-state index is -1.57. The highest BCUT2D eigenvalue weighted by molar-refractivity contribution is 8.03. The van der Waals surface area contributed by atoms with Gasteiger partial charge in [-0.3, -0.25) is 15.0 Å². The smallest absolute Gasteiger partial charge is 0.333 e. The zero-order chi connectivity index (χ0) is 20.4. The summed E-state index contributed by atoms with van der Waals surface area (Å²) < 4.78 is 2.05. The molecular formula is C12H21N3O8S3. The van der Waals surface area contributed by atoms with Gasteiger partial charge in [0.25, 0.3) is 0 Å². The molecule has 0 atom stereocenters. The van der Waals surface area contributed by atoms with Crippen molar-refractivity contribution < 1.29 is 24.9 Å². The van der Waals surface area contributed by atoms with Gasteiger partial charge in [-0.05, 0) is 12.8 Å². The Morgan fingerprint density at radius 3 is 1.54 bits per heavy atom. The van der Waals surface area contributed by atoms with Crippen molar-refractivity contribution >= 4 is 43.9 Å². The molecule has 0 fully saturated rings. The number of thiol groups is 3. The molecule has 0 aliphatic rings. The van der Waals surface area contributed by atoms with E-state index in [0.29, 0.717) is 0 Å². The van der Waals surface area contributed by atoms with Gasteiger partial charge in [-0.1, -0.05) is 0 Å². The lowest BCUT2D eigenvalue weighted by molar-refractivity contribution is -0.145. The van der Waals surface area contributed by atoms with E-state index in [1.165, 1.54) is 0 Å². The molecule has 0 spiro atoms. The fourth-order valence-corrected chi connectivity index (χ4v) is 2.54. The zero-order valence-corrected chi connectivity index (χ0v) is 16.2. The van der Waals surface area contributed by atoms with Gasteiger partial charge in [0, 0.05) is 13.2 Å². The van der Waals surface area contributed by atoms with E-state index in [2.05, 4.69) is 37.9 Å². The molecular weight excluding hydrogens is 410 g/mol. The molecule has 1 aromatic rings. The van der Waals surface area contributed by atoms with E-state index in [1.807, 2.05) is 0 Å². The molecule has 1 rings (SSSR count). The number of ether oxygens (including phenoxy) is 1. The standard InChI is InChI=1S/C9H18O5S3.C3H3N3O3/c10-3-1-8(15,2-4-11)9(16,17)7(13)14-6-5-12;7-1-4-2(8)6-3(9)5-1/h10-12,15-17H,1-6H2;(H3,4,5,6,7,8,9). The van der Waals surface area contributed by atoms with Crippen molar-refractivity contribution in [3.63, 3.8) is 0 Å². The Balaban J connectivity index is 0.000000577. The number of aromatic amines is 3. The summed E-state index contributed by atoms with van der Waals surface area (Å²) in [6, 6.07) is 0. The molecule has 0 saturated heterocycles. The molecule has 150 valence electrons. The summed E-state index contributed by atoms with van der Waals surface area (Å²) >= 11 is 12.5. The van der Waals surface area contributed by atoms with E-state index in [4.69, 9.17) is 20.1 Å². The molecule has 0 aromatic carbocycles. The van der Waals surface area contributed by atoms with Crippen LogP contribution in [-0.4, -0.2) is 71.5 Å². The molecule has 0 amide bonds. The average Bonchev–Trinajstić information content (AvgIpc) is 2.52. The summed E-state index contributed by atoms with van der Waals surface area (Å²) in [5.74, 6) is -0.768. The lowest BCUT2D eigenvalue weighted by Gasteiger charge is -2.39. The lowest BCUT2D eigenvalue weighted by atomic mass is 9.95. The Labute approximate surface area is 163 Å². The second-order valence-corrected chi connectivity index (χ2v) is 7.42. The summed E-state index contributed by atoms with van der Waals surface area (Å²) in [5, 5.41) is 26.5. The number of aliphatic hydroxyl groups is 3. The monoisotopic (exact) mass is 431 g/mol. The van der Waals surface area contributed by atoms with Crippen molar-refractivity contribution in [3.05, 3.63) is 31.5 Å². The van der Waals surface area contributed by atoms with Crippen molar-refractivity contribution in [3.8, 4) is 0 Å². The first-order valence-electron chi connectivity index (χ1n) is 7.14. The molecule has 0 radical (unpaired) electrons. The van der Waals surface area contributed by atoms with Crippen molar-refractivity contribution in [1.82, 2.24) is 15.0 Å². The summed E-state index contributed by atoms with van der Waals surface area (Å²) in [4.78, 5) is 47.6. The summed E-state index contributed by atoms with van der Waals surface area (Å²) in [6.07, 6.45) is 0.246. The molecule has 6 N–H and O–H groups in total. The third-order valence-corrected chi connectivity index (χ3v) is 5.35. The van der Waals surface area contributed by atoms with Crippen LogP contribution in [0.2, 0.25) is 0 Å². The minimum absolute atomic E-state index is 0.123. The Hall–Kier alpha value is -1.19. The third kappa shape index (κ3) is 7.59. The lowest BCUT2D eigenvalue weighted by Crippen LogP contribution is -2.50. The van der Waals surface area contributed by atoms with Crippen LogP contribution in [0.4, 0.5) is 0 Å². The molecule has 0 aliphatic heterocycles. The summed E-state index contributed by atoms with van der Waals surface area (Å²) in [7, 11) is 0. The molecule has 1 heterocycles. The Kier molecular flexibility index (Phi) is 11.0. The molecule has 14 heteroatoms. The van der Waals surface area contributed by atoms with Crippen LogP contribution in [0.5, 0.6) is 0 Å². The topological polar surface area (TPSA) is 186 Å². The number of esters is 1. The average molecular weight is 432 g/mol. The minimum Gasteiger partial charge on any atom is -0.462 e. The van der Waals surface area contributed by atoms with Crippen LogP contribution in [0.15, 0.2) is 14.4 Å². The molecule has 26 heavy (non-hydrogen) atoms. The quantitative estimate of drug-likeness (QED) is 0.120. The fourth-order valence-electron chi connectivity index (χ4n) is 1.68. The van der Waals surface area contributed by atoms with E-state index >= 15 is 0 Å². The second-order valence-electron chi connectivity index (χ2n) is 4.87. The van der Waals surface area contributed by atoms with E-state index in [-0.39, 0.29) is 39.3 Å². The summed E-state index contributed by atoms with van der Waals surface area (Å²) in [5.41, 5.74) is -2.41. The van der Waals surface area contributed by atoms with Gasteiger partial charge in [0.1, 0.15) is 6.61 Å². The Morgan fingerprint density at radius 2 is 1.23 bits per heavy atom. The Morgan fingerprint density at radius 1 is 0.846 bits per heavy atom. The number of H-pyrrole nitrogens is 3. The van der Waals surface area contributed by atoms with Crippen LogP contribution >= 0.6 is 37.9 Å². The molecule has 1 aromatic heterocycles. The number of aliphatic hydroxyl groups excluding tert-OH is 3. The van der Waals surface area contributed by atoms with Gasteiger partial charge in [0.05, 0.1) is 11.4 Å². The highest BCUT2D eigenvalue weighted by atomic mass is 32.2. The fraction of sp³-hybridized carbons (Fsp3) is 0.667. The van der Waals surface area contributed by atoms with Crippen molar-refractivity contribution in [2.75, 3.05) is 26.4 Å². The van der Waals surface area contributed by atoms with Crippen LogP contribution in [0, 0.1) is 0 Å². The molecule has 0 bridgehead atoms. The van der Waals surface area contributed by atoms with Crippen LogP contribution in [0.25, 0.3) is 0 Å². The first-order chi connectivity index (χ1) is 12.0. The first-order valence-corrected chi connectivity index (χ1v) is 8.48. The number of carbonyl (C=O) groups is 1. The van der Waals surface area contributed by atoms with E-state index in [0.717, 1.165) is 0 Å². The van der Waals surface area contributed by atoms with Crippen molar-refractivity contribution in [2.24, 2.45) is 0 Å². The molecule has 0 unspecified atom stereocenters. The first kappa shape index (κ1) is 24.8. The molecule has 0 saturated carbocycles. The Bertz CT molecular complexity index is 645. The predicted molar refractivity (Wildman–Crippen MR) is 102 cm³/mol. The number of aromatic nitrogens is 3. The number of rotatable bonds is 8. The zero-order valence-electron chi connectivity index (χ0n) is 13.5. The maximum atomic E-state index is 11.7. The van der Waals surface area contributed by atoms with E-state index < -0.39 is 31.9 Å². The van der Waals surface area contributed by atoms with Crippen LogP contribution in [0.3, 0.4) is 0 Å². The van der Waals surface area contributed by atoms with E-state index in [1.54, 1.807) is 15.0 Å². The maximum Gasteiger partial charge on any atom is 0.333 e. The number of nitrogens with one attached hydrogen (secondary N) is 3. The largest absolute Gasteiger partial charge is 0.462 e. The van der Waals surface area contributed by atoms with Gasteiger partial charge in [-0.15, -0.1) is 25.3 Å². The number of hydrogen-bond acceptors (Lipinski definition) is 11. The number of hydrogen-bond donors (Lipinski definition) is 9. The third-order valence-electron chi connectivity index (χ3n) is 2.99. The van der Waals surface area contributed by atoms with Gasteiger partial charge in [0.15, 0.2) is 4.08 Å². The van der Waals surface area contributed by atoms with Gasteiger partial charge in [-0.25, -0.2) is 19.2 Å². The van der Waals surface area contributed by atoms with Gasteiger partial charge in [-0.2, -0.15) is 12.6 Å². The predicted octanol–water partition coefficient (Wildman–Crippen LogP) is -2.74. The van der Waals surface area contributed by atoms with Gasteiger partial charge >= 0.3 is 23.0 Å².